The molecule has 0 aliphatic carbocycles. The van der Waals surface area contributed by atoms with E-state index in [1.54, 1.807) is 11.3 Å². The van der Waals surface area contributed by atoms with Crippen molar-refractivity contribution in [2.24, 2.45) is 0 Å². The van der Waals surface area contributed by atoms with Gasteiger partial charge in [0.2, 0.25) is 0 Å². The fraction of sp³-hybridized carbons (Fsp3) is 0.625. The van der Waals surface area contributed by atoms with Gasteiger partial charge in [-0.3, -0.25) is 0 Å². The van der Waals surface area contributed by atoms with Crippen LogP contribution in [0, 0.1) is 0 Å². The van der Waals surface area contributed by atoms with Crippen LogP contribution in [0.3, 0.4) is 0 Å². The average Bonchev–Trinajstić information content (AvgIpc) is 2.48. The molecule has 0 aromatic carbocycles. The van der Waals surface area contributed by atoms with E-state index in [2.05, 4.69) is 29.5 Å². The first-order chi connectivity index (χ1) is 5.36. The molecule has 1 aromatic rings. The van der Waals surface area contributed by atoms with E-state index in [0.717, 1.165) is 19.5 Å². The van der Waals surface area contributed by atoms with Crippen molar-refractivity contribution in [2.45, 2.75) is 26.8 Å². The molecule has 0 aliphatic rings. The highest BCUT2D eigenvalue weighted by Gasteiger charge is 1.97. The summed E-state index contributed by atoms with van der Waals surface area (Å²) in [6, 6.07) is 0. The molecule has 0 atom stereocenters. The van der Waals surface area contributed by atoms with Crippen molar-refractivity contribution < 1.29 is 0 Å². The van der Waals surface area contributed by atoms with E-state index in [-0.39, 0.29) is 0 Å². The molecule has 2 nitrogen and oxygen atoms in total. The number of rotatable bonds is 4. The number of hydrogen-bond donors (Lipinski definition) is 1. The van der Waals surface area contributed by atoms with E-state index in [4.69, 9.17) is 0 Å². The second-order valence-corrected chi connectivity index (χ2v) is 3.31. The molecule has 3 heteroatoms. The van der Waals surface area contributed by atoms with Crippen LogP contribution in [0.5, 0.6) is 0 Å². The Bertz CT molecular complexity index is 208. The van der Waals surface area contributed by atoms with E-state index in [1.807, 2.05) is 0 Å². The van der Waals surface area contributed by atoms with Gasteiger partial charge in [0.25, 0.3) is 0 Å². The van der Waals surface area contributed by atoms with Gasteiger partial charge in [-0.15, -0.1) is 11.3 Å². The molecule has 0 saturated heterocycles. The van der Waals surface area contributed by atoms with Crippen molar-refractivity contribution in [1.29, 1.82) is 0 Å². The Hall–Kier alpha value is -0.410. The summed E-state index contributed by atoms with van der Waals surface area (Å²) < 4.78 is 0. The normalized spacial score (nSPS) is 10.4. The van der Waals surface area contributed by atoms with Crippen LogP contribution in [0.1, 0.15) is 24.5 Å². The second-order valence-electron chi connectivity index (χ2n) is 2.37. The zero-order valence-corrected chi connectivity index (χ0v) is 7.87. The lowest BCUT2D eigenvalue weighted by atomic mass is 10.4. The Balaban J connectivity index is 2.44. The third-order valence-electron chi connectivity index (χ3n) is 1.46. The lowest BCUT2D eigenvalue weighted by Crippen LogP contribution is -2.11. The van der Waals surface area contributed by atoms with Gasteiger partial charge in [-0.2, -0.15) is 0 Å². The minimum absolute atomic E-state index is 0.910. The third kappa shape index (κ3) is 2.60. The summed E-state index contributed by atoms with van der Waals surface area (Å²) in [7, 11) is 0. The van der Waals surface area contributed by atoms with Crippen molar-refractivity contribution >= 4 is 11.3 Å². The number of nitrogens with zero attached hydrogens (tertiary/aromatic N) is 1. The van der Waals surface area contributed by atoms with Crippen LogP contribution in [0.15, 0.2) is 5.38 Å². The van der Waals surface area contributed by atoms with E-state index in [0.29, 0.717) is 0 Å². The summed E-state index contributed by atoms with van der Waals surface area (Å²) in [5.41, 5.74) is 1.17. The molecule has 1 aromatic heterocycles. The molecule has 1 rings (SSSR count). The lowest BCUT2D eigenvalue weighted by molar-refractivity contribution is 0.712. The molecule has 0 aliphatic heterocycles. The maximum atomic E-state index is 4.42. The fourth-order valence-corrected chi connectivity index (χ4v) is 1.59. The van der Waals surface area contributed by atoms with Gasteiger partial charge >= 0.3 is 0 Å². The SMILES string of the molecule is CCNCc1csc(CC)n1. The molecule has 11 heavy (non-hydrogen) atoms. The standard InChI is InChI=1S/C8H14N2S/c1-3-8-10-7(6-11-8)5-9-4-2/h6,9H,3-5H2,1-2H3. The quantitative estimate of drug-likeness (QED) is 0.745. The van der Waals surface area contributed by atoms with Gasteiger partial charge in [-0.25, -0.2) is 4.98 Å². The molecule has 1 N–H and O–H groups in total. The molecule has 0 spiro atoms. The summed E-state index contributed by atoms with van der Waals surface area (Å²) in [5.74, 6) is 0. The second kappa shape index (κ2) is 4.46. The maximum absolute atomic E-state index is 4.42. The molecule has 1 heterocycles. The Kier molecular flexibility index (Phi) is 3.52. The van der Waals surface area contributed by atoms with E-state index < -0.39 is 0 Å². The zero-order chi connectivity index (χ0) is 8.10. The number of hydrogen-bond acceptors (Lipinski definition) is 3. The molecular formula is C8H14N2S. The number of nitrogens with one attached hydrogen (secondary N) is 1. The van der Waals surface area contributed by atoms with Crippen molar-refractivity contribution in [3.05, 3.63) is 16.1 Å². The first-order valence-corrected chi connectivity index (χ1v) is 4.88. The molecule has 0 radical (unpaired) electrons. The average molecular weight is 170 g/mol. The van der Waals surface area contributed by atoms with Gasteiger partial charge in [0.1, 0.15) is 0 Å². The summed E-state index contributed by atoms with van der Waals surface area (Å²) in [5, 5.41) is 6.61. The van der Waals surface area contributed by atoms with Gasteiger partial charge in [-0.05, 0) is 13.0 Å². The van der Waals surface area contributed by atoms with E-state index >= 15 is 0 Å². The van der Waals surface area contributed by atoms with Gasteiger partial charge in [0, 0.05) is 11.9 Å². The summed E-state index contributed by atoms with van der Waals surface area (Å²) in [6.07, 6.45) is 1.05. The summed E-state index contributed by atoms with van der Waals surface area (Å²) in [6.45, 7) is 6.16. The summed E-state index contributed by atoms with van der Waals surface area (Å²) >= 11 is 1.75. The Labute approximate surface area is 71.7 Å². The van der Waals surface area contributed by atoms with E-state index in [9.17, 15) is 0 Å². The summed E-state index contributed by atoms with van der Waals surface area (Å²) in [4.78, 5) is 4.42. The third-order valence-corrected chi connectivity index (χ3v) is 2.50. The first kappa shape index (κ1) is 8.68. The van der Waals surface area contributed by atoms with Crippen molar-refractivity contribution in [3.8, 4) is 0 Å². The fourth-order valence-electron chi connectivity index (χ4n) is 0.846. The Morgan fingerprint density at radius 2 is 2.36 bits per heavy atom. The van der Waals surface area contributed by atoms with Crippen LogP contribution in [-0.4, -0.2) is 11.5 Å². The highest BCUT2D eigenvalue weighted by Crippen LogP contribution is 2.09. The molecule has 0 amide bonds. The maximum Gasteiger partial charge on any atom is 0.0926 e. The van der Waals surface area contributed by atoms with Gasteiger partial charge < -0.3 is 5.32 Å². The Morgan fingerprint density at radius 3 is 2.91 bits per heavy atom. The van der Waals surface area contributed by atoms with Gasteiger partial charge in [-0.1, -0.05) is 13.8 Å². The first-order valence-electron chi connectivity index (χ1n) is 4.00. The highest BCUT2D eigenvalue weighted by atomic mass is 32.1. The van der Waals surface area contributed by atoms with Crippen molar-refractivity contribution in [2.75, 3.05) is 6.54 Å². The Morgan fingerprint density at radius 1 is 1.55 bits per heavy atom. The van der Waals surface area contributed by atoms with Gasteiger partial charge in [0.15, 0.2) is 0 Å². The molecule has 0 bridgehead atoms. The largest absolute Gasteiger partial charge is 0.311 e. The molecule has 0 fully saturated rings. The molecule has 0 unspecified atom stereocenters. The van der Waals surface area contributed by atoms with Crippen LogP contribution < -0.4 is 5.32 Å². The number of aryl methyl sites for hydroxylation is 1. The predicted molar refractivity (Wildman–Crippen MR) is 48.9 cm³/mol. The van der Waals surface area contributed by atoms with E-state index in [1.165, 1.54) is 10.7 Å². The highest BCUT2D eigenvalue weighted by molar-refractivity contribution is 7.09. The number of thiazole rings is 1. The smallest absolute Gasteiger partial charge is 0.0926 e. The minimum atomic E-state index is 0.910. The molecule has 62 valence electrons. The van der Waals surface area contributed by atoms with Crippen LogP contribution in [0.2, 0.25) is 0 Å². The minimum Gasteiger partial charge on any atom is -0.311 e. The predicted octanol–water partition coefficient (Wildman–Crippen LogP) is 1.81. The lowest BCUT2D eigenvalue weighted by Gasteiger charge is -1.94. The molecule has 0 saturated carbocycles. The molecular weight excluding hydrogens is 156 g/mol. The monoisotopic (exact) mass is 170 g/mol. The van der Waals surface area contributed by atoms with Crippen LogP contribution in [0.4, 0.5) is 0 Å². The van der Waals surface area contributed by atoms with Crippen LogP contribution in [0.25, 0.3) is 0 Å². The van der Waals surface area contributed by atoms with Crippen molar-refractivity contribution in [1.82, 2.24) is 10.3 Å². The van der Waals surface area contributed by atoms with Crippen LogP contribution >= 0.6 is 11.3 Å². The number of aromatic nitrogens is 1. The van der Waals surface area contributed by atoms with Crippen LogP contribution in [-0.2, 0) is 13.0 Å². The zero-order valence-electron chi connectivity index (χ0n) is 7.05. The van der Waals surface area contributed by atoms with Crippen molar-refractivity contribution in [3.63, 3.8) is 0 Å². The van der Waals surface area contributed by atoms with Gasteiger partial charge in [0.05, 0.1) is 10.7 Å². The topological polar surface area (TPSA) is 24.9 Å².